The normalized spacial score (nSPS) is 16.4. The minimum atomic E-state index is -0.661. The molecule has 0 spiro atoms. The largest absolute Gasteiger partial charge is 0.491 e. The summed E-state index contributed by atoms with van der Waals surface area (Å²) in [7, 11) is 0. The predicted octanol–water partition coefficient (Wildman–Crippen LogP) is 2.31. The molecule has 0 heterocycles. The number of hydrogen-bond donors (Lipinski definition) is 2. The Morgan fingerprint density at radius 3 is 2.64 bits per heavy atom. The molecule has 3 rings (SSSR count). The number of fused-ring (bicyclic) bond motifs is 1. The fourth-order valence-corrected chi connectivity index (χ4v) is 3.59. The molecule has 0 aliphatic heterocycles. The highest BCUT2D eigenvalue weighted by atomic mass is 16.5. The molecule has 5 heteroatoms. The Morgan fingerprint density at radius 2 is 1.92 bits per heavy atom. The van der Waals surface area contributed by atoms with E-state index >= 15 is 0 Å². The second kappa shape index (κ2) is 8.32. The van der Waals surface area contributed by atoms with E-state index in [4.69, 9.17) is 10.5 Å². The molecule has 2 aromatic rings. The van der Waals surface area contributed by atoms with Crippen molar-refractivity contribution in [2.75, 3.05) is 19.7 Å². The highest BCUT2D eigenvalue weighted by Crippen LogP contribution is 2.24. The van der Waals surface area contributed by atoms with E-state index in [0.29, 0.717) is 12.6 Å². The van der Waals surface area contributed by atoms with Crippen LogP contribution in [0.2, 0.25) is 0 Å². The number of aliphatic hydroxyl groups excluding tert-OH is 1. The number of hydrogen-bond acceptors (Lipinski definition) is 4. The van der Waals surface area contributed by atoms with Gasteiger partial charge in [0.25, 0.3) is 0 Å². The van der Waals surface area contributed by atoms with Gasteiger partial charge in [0.1, 0.15) is 18.5 Å². The molecule has 1 unspecified atom stereocenters. The van der Waals surface area contributed by atoms with Gasteiger partial charge in [-0.05, 0) is 35.7 Å². The average Bonchev–Trinajstić information content (AvgIpc) is 3.13. The van der Waals surface area contributed by atoms with Gasteiger partial charge < -0.3 is 15.6 Å². The van der Waals surface area contributed by atoms with E-state index in [2.05, 4.69) is 6.07 Å². The number of primary amides is 1. The first kappa shape index (κ1) is 17.7. The van der Waals surface area contributed by atoms with Crippen LogP contribution in [0.5, 0.6) is 5.75 Å². The quantitative estimate of drug-likeness (QED) is 0.772. The van der Waals surface area contributed by atoms with Crippen molar-refractivity contribution in [3.8, 4) is 5.75 Å². The van der Waals surface area contributed by atoms with Gasteiger partial charge in [0.05, 0.1) is 6.54 Å². The molecule has 5 nitrogen and oxygen atoms in total. The standard InChI is InChI=1S/C20H26N2O3/c21-20(24)13-22(17-7-3-4-8-17)12-18(23)14-25-19-10-9-15-5-1-2-6-16(15)11-19/h1-2,5-6,9-11,17-18,23H,3-4,7-8,12-14H2,(H2,21,24). The van der Waals surface area contributed by atoms with Crippen molar-refractivity contribution in [2.24, 2.45) is 5.73 Å². The van der Waals surface area contributed by atoms with Crippen molar-refractivity contribution in [2.45, 2.75) is 37.8 Å². The maximum atomic E-state index is 11.3. The number of nitrogens with zero attached hydrogens (tertiary/aromatic N) is 1. The van der Waals surface area contributed by atoms with Crippen LogP contribution in [-0.4, -0.2) is 47.8 Å². The number of amides is 1. The van der Waals surface area contributed by atoms with E-state index < -0.39 is 6.10 Å². The summed E-state index contributed by atoms with van der Waals surface area (Å²) in [4.78, 5) is 13.3. The summed E-state index contributed by atoms with van der Waals surface area (Å²) in [6.07, 6.45) is 3.80. The fourth-order valence-electron chi connectivity index (χ4n) is 3.59. The van der Waals surface area contributed by atoms with Crippen LogP contribution in [0.3, 0.4) is 0 Å². The number of carbonyl (C=O) groups is 1. The molecule has 2 aromatic carbocycles. The molecule has 1 aliphatic carbocycles. The first-order valence-electron chi connectivity index (χ1n) is 8.94. The van der Waals surface area contributed by atoms with Gasteiger partial charge in [-0.1, -0.05) is 43.2 Å². The van der Waals surface area contributed by atoms with E-state index in [1.165, 1.54) is 12.8 Å². The smallest absolute Gasteiger partial charge is 0.231 e. The Bertz CT molecular complexity index is 713. The Labute approximate surface area is 148 Å². The van der Waals surface area contributed by atoms with Gasteiger partial charge in [-0.25, -0.2) is 0 Å². The molecule has 134 valence electrons. The predicted molar refractivity (Wildman–Crippen MR) is 98.5 cm³/mol. The molecule has 1 fully saturated rings. The maximum absolute atomic E-state index is 11.3. The second-order valence-electron chi connectivity index (χ2n) is 6.81. The average molecular weight is 342 g/mol. The van der Waals surface area contributed by atoms with Crippen molar-refractivity contribution in [1.82, 2.24) is 4.90 Å². The minimum absolute atomic E-state index is 0.192. The Morgan fingerprint density at radius 1 is 1.20 bits per heavy atom. The van der Waals surface area contributed by atoms with Crippen LogP contribution >= 0.6 is 0 Å². The summed E-state index contributed by atoms with van der Waals surface area (Å²) in [5.41, 5.74) is 5.36. The molecule has 1 amide bonds. The van der Waals surface area contributed by atoms with Crippen molar-refractivity contribution in [1.29, 1.82) is 0 Å². The molecular formula is C20H26N2O3. The van der Waals surface area contributed by atoms with Crippen LogP contribution in [0.25, 0.3) is 10.8 Å². The number of carbonyl (C=O) groups excluding carboxylic acids is 1. The van der Waals surface area contributed by atoms with E-state index in [0.717, 1.165) is 29.4 Å². The molecule has 1 saturated carbocycles. The summed E-state index contributed by atoms with van der Waals surface area (Å²) in [5.74, 6) is 0.384. The highest BCUT2D eigenvalue weighted by molar-refractivity contribution is 5.83. The lowest BCUT2D eigenvalue weighted by Crippen LogP contribution is -2.45. The van der Waals surface area contributed by atoms with Gasteiger partial charge >= 0.3 is 0 Å². The van der Waals surface area contributed by atoms with E-state index in [1.54, 1.807) is 0 Å². The Hall–Kier alpha value is -2.11. The van der Waals surface area contributed by atoms with E-state index in [-0.39, 0.29) is 19.1 Å². The summed E-state index contributed by atoms with van der Waals surface area (Å²) in [6, 6.07) is 14.3. The van der Waals surface area contributed by atoms with Crippen molar-refractivity contribution < 1.29 is 14.6 Å². The summed E-state index contributed by atoms with van der Waals surface area (Å²) >= 11 is 0. The lowest BCUT2D eigenvalue weighted by molar-refractivity contribution is -0.120. The Balaban J connectivity index is 1.56. The van der Waals surface area contributed by atoms with Crippen LogP contribution in [0.4, 0.5) is 0 Å². The minimum Gasteiger partial charge on any atom is -0.491 e. The molecule has 0 bridgehead atoms. The zero-order chi connectivity index (χ0) is 17.6. The van der Waals surface area contributed by atoms with E-state index in [1.807, 2.05) is 41.3 Å². The first-order chi connectivity index (χ1) is 12.1. The third-order valence-corrected chi connectivity index (χ3v) is 4.81. The number of rotatable bonds is 8. The van der Waals surface area contributed by atoms with Gasteiger partial charge in [0.15, 0.2) is 0 Å². The maximum Gasteiger partial charge on any atom is 0.231 e. The monoisotopic (exact) mass is 342 g/mol. The molecule has 0 saturated heterocycles. The van der Waals surface area contributed by atoms with Crippen molar-refractivity contribution in [3.63, 3.8) is 0 Å². The molecule has 1 aliphatic rings. The topological polar surface area (TPSA) is 75.8 Å². The lowest BCUT2D eigenvalue weighted by Gasteiger charge is -2.29. The van der Waals surface area contributed by atoms with Crippen LogP contribution in [0.15, 0.2) is 42.5 Å². The third-order valence-electron chi connectivity index (χ3n) is 4.81. The van der Waals surface area contributed by atoms with Crippen molar-refractivity contribution >= 4 is 16.7 Å². The number of aliphatic hydroxyl groups is 1. The molecule has 3 N–H and O–H groups in total. The SMILES string of the molecule is NC(=O)CN(CC(O)COc1ccc2ccccc2c1)C1CCCC1. The summed E-state index contributed by atoms with van der Waals surface area (Å²) in [6.45, 7) is 0.791. The number of ether oxygens (including phenoxy) is 1. The fraction of sp³-hybridized carbons (Fsp3) is 0.450. The van der Waals surface area contributed by atoms with Crippen molar-refractivity contribution in [3.05, 3.63) is 42.5 Å². The van der Waals surface area contributed by atoms with E-state index in [9.17, 15) is 9.90 Å². The lowest BCUT2D eigenvalue weighted by atomic mass is 10.1. The zero-order valence-corrected chi connectivity index (χ0v) is 14.4. The van der Waals surface area contributed by atoms with Crippen LogP contribution in [-0.2, 0) is 4.79 Å². The Kier molecular flexibility index (Phi) is 5.89. The zero-order valence-electron chi connectivity index (χ0n) is 14.4. The van der Waals surface area contributed by atoms with Gasteiger partial charge in [0, 0.05) is 12.6 Å². The summed E-state index contributed by atoms with van der Waals surface area (Å²) < 4.78 is 5.75. The highest BCUT2D eigenvalue weighted by Gasteiger charge is 2.25. The molecule has 0 radical (unpaired) electrons. The molecular weight excluding hydrogens is 316 g/mol. The number of nitrogens with two attached hydrogens (primary N) is 1. The van der Waals surface area contributed by atoms with Gasteiger partial charge in [0.2, 0.25) is 5.91 Å². The van der Waals surface area contributed by atoms with Crippen LogP contribution in [0, 0.1) is 0 Å². The molecule has 0 aromatic heterocycles. The number of benzene rings is 2. The third kappa shape index (κ3) is 4.94. The second-order valence-corrected chi connectivity index (χ2v) is 6.81. The van der Waals surface area contributed by atoms with Gasteiger partial charge in [-0.3, -0.25) is 9.69 Å². The van der Waals surface area contributed by atoms with Crippen LogP contribution in [0.1, 0.15) is 25.7 Å². The van der Waals surface area contributed by atoms with Crippen LogP contribution < -0.4 is 10.5 Å². The first-order valence-corrected chi connectivity index (χ1v) is 8.94. The summed E-state index contributed by atoms with van der Waals surface area (Å²) in [5, 5.41) is 12.6. The molecule has 1 atom stereocenters. The molecule has 25 heavy (non-hydrogen) atoms. The van der Waals surface area contributed by atoms with Gasteiger partial charge in [-0.15, -0.1) is 0 Å². The van der Waals surface area contributed by atoms with Gasteiger partial charge in [-0.2, -0.15) is 0 Å².